The lowest BCUT2D eigenvalue weighted by Gasteiger charge is -1.98. The summed E-state index contributed by atoms with van der Waals surface area (Å²) in [5, 5.41) is 11.4. The number of nitrogens with zero attached hydrogens (tertiary/aromatic N) is 3. The van der Waals surface area contributed by atoms with Crippen LogP contribution in [0, 0.1) is 0 Å². The summed E-state index contributed by atoms with van der Waals surface area (Å²) in [5.41, 5.74) is 2.67. The van der Waals surface area contributed by atoms with E-state index in [9.17, 15) is 0 Å². The molecule has 0 bridgehead atoms. The number of aromatic nitrogens is 3. The Bertz CT molecular complexity index is 967. The van der Waals surface area contributed by atoms with Gasteiger partial charge in [0.15, 0.2) is 0 Å². The lowest BCUT2D eigenvalue weighted by molar-refractivity contribution is 0.219. The standard InChI is InChI=1S/C18H12ClN3O2S/c19-14-8-6-13(7-9-14)17-20-15(11-25-17)10-23-18-22-21-16(24-18)12-4-2-1-3-5-12/h1-9,11H,10H2. The fraction of sp³-hybridized carbons (Fsp3) is 0.0556. The van der Waals surface area contributed by atoms with Gasteiger partial charge in [0, 0.05) is 21.5 Å². The molecule has 0 fully saturated rings. The number of benzene rings is 2. The number of hydrogen-bond acceptors (Lipinski definition) is 6. The third-order valence-electron chi connectivity index (χ3n) is 3.41. The first-order chi connectivity index (χ1) is 12.3. The molecule has 0 spiro atoms. The van der Waals surface area contributed by atoms with E-state index in [1.165, 1.54) is 0 Å². The second kappa shape index (κ2) is 7.04. The summed E-state index contributed by atoms with van der Waals surface area (Å²) in [4.78, 5) is 4.55. The Labute approximate surface area is 152 Å². The molecule has 25 heavy (non-hydrogen) atoms. The summed E-state index contributed by atoms with van der Waals surface area (Å²) in [6.07, 6.45) is 0.125. The first-order valence-corrected chi connectivity index (χ1v) is 8.76. The molecular weight excluding hydrogens is 358 g/mol. The SMILES string of the molecule is Clc1ccc(-c2nc(COc3nnc(-c4ccccc4)o3)cs2)cc1. The van der Waals surface area contributed by atoms with Crippen LogP contribution in [-0.2, 0) is 6.61 Å². The van der Waals surface area contributed by atoms with Gasteiger partial charge >= 0.3 is 6.08 Å². The molecule has 0 N–H and O–H groups in total. The van der Waals surface area contributed by atoms with Crippen molar-refractivity contribution in [2.24, 2.45) is 0 Å². The summed E-state index contributed by atoms with van der Waals surface area (Å²) in [6, 6.07) is 17.1. The molecule has 4 aromatic rings. The Morgan fingerprint density at radius 3 is 2.56 bits per heavy atom. The lowest BCUT2D eigenvalue weighted by atomic mass is 10.2. The van der Waals surface area contributed by atoms with Gasteiger partial charge in [-0.3, -0.25) is 0 Å². The van der Waals surface area contributed by atoms with Gasteiger partial charge in [-0.15, -0.1) is 16.4 Å². The Hall–Kier alpha value is -2.70. The quantitative estimate of drug-likeness (QED) is 0.490. The van der Waals surface area contributed by atoms with Crippen LogP contribution in [-0.4, -0.2) is 15.2 Å². The van der Waals surface area contributed by atoms with Crippen LogP contribution in [0.2, 0.25) is 5.02 Å². The number of ether oxygens (including phenoxy) is 1. The Kier molecular flexibility index (Phi) is 4.45. The molecule has 7 heteroatoms. The van der Waals surface area contributed by atoms with Crippen LogP contribution in [0.5, 0.6) is 6.08 Å². The molecule has 0 aliphatic heterocycles. The molecule has 0 amide bonds. The maximum absolute atomic E-state index is 5.91. The highest BCUT2D eigenvalue weighted by molar-refractivity contribution is 7.13. The molecule has 0 aliphatic carbocycles. The first-order valence-electron chi connectivity index (χ1n) is 7.50. The summed E-state index contributed by atoms with van der Waals surface area (Å²) >= 11 is 7.45. The maximum Gasteiger partial charge on any atom is 0.415 e. The van der Waals surface area contributed by atoms with Crippen molar-refractivity contribution in [3.63, 3.8) is 0 Å². The predicted molar refractivity (Wildman–Crippen MR) is 96.6 cm³/mol. The van der Waals surface area contributed by atoms with E-state index in [1.807, 2.05) is 60.0 Å². The molecule has 0 unspecified atom stereocenters. The first kappa shape index (κ1) is 15.8. The molecule has 2 heterocycles. The Balaban J connectivity index is 1.42. The van der Waals surface area contributed by atoms with Gasteiger partial charge in [-0.25, -0.2) is 4.98 Å². The van der Waals surface area contributed by atoms with Gasteiger partial charge < -0.3 is 9.15 Å². The number of thiazole rings is 1. The second-order valence-corrected chi connectivity index (χ2v) is 6.47. The molecular formula is C18H12ClN3O2S. The van der Waals surface area contributed by atoms with Crippen molar-refractivity contribution in [1.82, 2.24) is 15.2 Å². The molecule has 0 saturated carbocycles. The molecule has 124 valence electrons. The lowest BCUT2D eigenvalue weighted by Crippen LogP contribution is -1.95. The summed E-state index contributed by atoms with van der Waals surface area (Å²) in [5.74, 6) is 0.427. The Morgan fingerprint density at radius 2 is 1.76 bits per heavy atom. The van der Waals surface area contributed by atoms with Crippen molar-refractivity contribution >= 4 is 22.9 Å². The van der Waals surface area contributed by atoms with Crippen LogP contribution < -0.4 is 4.74 Å². The summed E-state index contributed by atoms with van der Waals surface area (Å²) in [6.45, 7) is 0.264. The van der Waals surface area contributed by atoms with Crippen molar-refractivity contribution in [2.75, 3.05) is 0 Å². The molecule has 2 aromatic carbocycles. The molecule has 0 saturated heterocycles. The van der Waals surface area contributed by atoms with E-state index >= 15 is 0 Å². The van der Waals surface area contributed by atoms with Crippen molar-refractivity contribution in [1.29, 1.82) is 0 Å². The van der Waals surface area contributed by atoms with Crippen molar-refractivity contribution < 1.29 is 9.15 Å². The van der Waals surface area contributed by atoms with E-state index in [2.05, 4.69) is 15.2 Å². The topological polar surface area (TPSA) is 61.0 Å². The zero-order valence-electron chi connectivity index (χ0n) is 12.9. The van der Waals surface area contributed by atoms with Gasteiger partial charge in [0.25, 0.3) is 5.89 Å². The Morgan fingerprint density at radius 1 is 0.960 bits per heavy atom. The third-order valence-corrected chi connectivity index (χ3v) is 4.61. The molecule has 0 aliphatic rings. The second-order valence-electron chi connectivity index (χ2n) is 5.18. The van der Waals surface area contributed by atoms with Crippen LogP contribution >= 0.6 is 22.9 Å². The summed E-state index contributed by atoms with van der Waals surface area (Å²) in [7, 11) is 0. The zero-order valence-corrected chi connectivity index (χ0v) is 14.5. The number of rotatable bonds is 5. The van der Waals surface area contributed by atoms with E-state index in [0.717, 1.165) is 21.8 Å². The predicted octanol–water partition coefficient (Wildman–Crippen LogP) is 5.09. The minimum atomic E-state index is 0.125. The van der Waals surface area contributed by atoms with E-state index in [1.54, 1.807) is 11.3 Å². The van der Waals surface area contributed by atoms with Crippen molar-refractivity contribution in [3.05, 3.63) is 70.7 Å². The monoisotopic (exact) mass is 369 g/mol. The fourth-order valence-electron chi connectivity index (χ4n) is 2.20. The average molecular weight is 370 g/mol. The van der Waals surface area contributed by atoms with Gasteiger partial charge in [0.1, 0.15) is 11.6 Å². The largest absolute Gasteiger partial charge is 0.442 e. The van der Waals surface area contributed by atoms with E-state index < -0.39 is 0 Å². The minimum absolute atomic E-state index is 0.125. The van der Waals surface area contributed by atoms with Crippen molar-refractivity contribution in [3.8, 4) is 28.1 Å². The highest BCUT2D eigenvalue weighted by atomic mass is 35.5. The van der Waals surface area contributed by atoms with Gasteiger partial charge in [-0.1, -0.05) is 47.0 Å². The van der Waals surface area contributed by atoms with Gasteiger partial charge in [-0.2, -0.15) is 0 Å². The van der Waals surface area contributed by atoms with Gasteiger partial charge in [-0.05, 0) is 24.3 Å². The summed E-state index contributed by atoms with van der Waals surface area (Å²) < 4.78 is 11.1. The van der Waals surface area contributed by atoms with Crippen LogP contribution in [0.1, 0.15) is 5.69 Å². The minimum Gasteiger partial charge on any atom is -0.442 e. The third kappa shape index (κ3) is 3.70. The van der Waals surface area contributed by atoms with E-state index in [4.69, 9.17) is 20.8 Å². The van der Waals surface area contributed by atoms with E-state index in [-0.39, 0.29) is 12.7 Å². The van der Waals surface area contributed by atoms with Crippen LogP contribution in [0.3, 0.4) is 0 Å². The smallest absolute Gasteiger partial charge is 0.415 e. The van der Waals surface area contributed by atoms with Gasteiger partial charge in [0.2, 0.25) is 0 Å². The van der Waals surface area contributed by atoms with E-state index in [0.29, 0.717) is 10.9 Å². The molecule has 2 aromatic heterocycles. The van der Waals surface area contributed by atoms with Crippen LogP contribution in [0.15, 0.2) is 64.4 Å². The normalized spacial score (nSPS) is 10.8. The molecule has 0 radical (unpaired) electrons. The number of halogens is 1. The fourth-order valence-corrected chi connectivity index (χ4v) is 3.14. The zero-order chi connectivity index (χ0) is 17.1. The number of hydrogen-bond donors (Lipinski definition) is 0. The highest BCUT2D eigenvalue weighted by Crippen LogP contribution is 2.26. The van der Waals surface area contributed by atoms with Crippen molar-refractivity contribution in [2.45, 2.75) is 6.61 Å². The molecule has 0 atom stereocenters. The van der Waals surface area contributed by atoms with Crippen LogP contribution in [0.4, 0.5) is 0 Å². The van der Waals surface area contributed by atoms with Crippen LogP contribution in [0.25, 0.3) is 22.0 Å². The molecule has 5 nitrogen and oxygen atoms in total. The maximum atomic E-state index is 5.91. The molecule has 4 rings (SSSR count). The average Bonchev–Trinajstić information content (AvgIpc) is 3.31. The van der Waals surface area contributed by atoms with Gasteiger partial charge in [0.05, 0.1) is 5.69 Å². The highest BCUT2D eigenvalue weighted by Gasteiger charge is 2.11.